The van der Waals surface area contributed by atoms with E-state index in [-0.39, 0.29) is 6.10 Å². The minimum atomic E-state index is -1.18. The van der Waals surface area contributed by atoms with Gasteiger partial charge in [0.1, 0.15) is 12.1 Å². The van der Waals surface area contributed by atoms with Crippen LogP contribution in [-0.4, -0.2) is 29.3 Å². The highest BCUT2D eigenvalue weighted by atomic mass is 16.5. The summed E-state index contributed by atoms with van der Waals surface area (Å²) in [6.07, 6.45) is 5.10. The molecule has 1 aliphatic heterocycles. The van der Waals surface area contributed by atoms with Gasteiger partial charge in [-0.3, -0.25) is 0 Å². The molecule has 0 radical (unpaired) electrons. The largest absolute Gasteiger partial charge is 0.465 e. The fourth-order valence-electron chi connectivity index (χ4n) is 4.01. The summed E-state index contributed by atoms with van der Waals surface area (Å²) >= 11 is 0. The highest BCUT2D eigenvalue weighted by molar-refractivity contribution is 5.80. The molecule has 4 atom stereocenters. The number of rotatable bonds is 6. The molecule has 26 heavy (non-hydrogen) atoms. The molecule has 0 aromatic heterocycles. The molecule has 144 valence electrons. The molecule has 1 saturated heterocycles. The Balaban J connectivity index is 2.17. The second-order valence-electron chi connectivity index (χ2n) is 7.33. The van der Waals surface area contributed by atoms with Crippen molar-refractivity contribution in [3.63, 3.8) is 0 Å². The van der Waals surface area contributed by atoms with Gasteiger partial charge in [0.2, 0.25) is 0 Å². The van der Waals surface area contributed by atoms with Crippen molar-refractivity contribution in [2.45, 2.75) is 70.9 Å². The second kappa shape index (κ2) is 10.2. The predicted octanol–water partition coefficient (Wildman–Crippen LogP) is 4.40. The van der Waals surface area contributed by atoms with E-state index in [9.17, 15) is 9.59 Å². The van der Waals surface area contributed by atoms with Crippen LogP contribution in [0.1, 0.15) is 57.9 Å². The third kappa shape index (κ3) is 6.04. The number of hydrogen-bond acceptors (Lipinski definition) is 3. The summed E-state index contributed by atoms with van der Waals surface area (Å²) in [6, 6.07) is 9.67. The summed E-state index contributed by atoms with van der Waals surface area (Å²) in [7, 11) is 0. The molecule has 1 aromatic carbocycles. The van der Waals surface area contributed by atoms with E-state index in [1.165, 1.54) is 5.56 Å². The number of amides is 1. The van der Waals surface area contributed by atoms with Crippen LogP contribution in [0.15, 0.2) is 30.3 Å². The zero-order chi connectivity index (χ0) is 18.9. The van der Waals surface area contributed by atoms with Gasteiger partial charge in [-0.2, -0.15) is 0 Å². The van der Waals surface area contributed by atoms with Crippen molar-refractivity contribution in [1.29, 1.82) is 0 Å². The number of carbonyl (C=O) groups excluding carboxylic acids is 1. The minimum Gasteiger partial charge on any atom is -0.465 e. The number of benzene rings is 1. The summed E-state index contributed by atoms with van der Waals surface area (Å²) in [6.45, 7) is 4.13. The van der Waals surface area contributed by atoms with E-state index in [4.69, 9.17) is 9.84 Å². The Bertz CT molecular complexity index is 575. The van der Waals surface area contributed by atoms with E-state index in [1.54, 1.807) is 0 Å². The van der Waals surface area contributed by atoms with Crippen LogP contribution in [0.25, 0.3) is 0 Å². The number of unbranched alkanes of at least 4 members (excludes halogenated alkanes) is 1. The molecule has 1 heterocycles. The second-order valence-corrected chi connectivity index (χ2v) is 7.33. The first kappa shape index (κ1) is 20.3. The zero-order valence-corrected chi connectivity index (χ0v) is 15.8. The van der Waals surface area contributed by atoms with Crippen molar-refractivity contribution >= 4 is 12.1 Å². The molecule has 5 heteroatoms. The molecule has 0 spiro atoms. The lowest BCUT2D eigenvalue weighted by Crippen LogP contribution is -2.42. The summed E-state index contributed by atoms with van der Waals surface area (Å²) in [4.78, 5) is 23.4. The highest BCUT2D eigenvalue weighted by Crippen LogP contribution is 2.33. The third-order valence-electron chi connectivity index (χ3n) is 5.39. The lowest BCUT2D eigenvalue weighted by Gasteiger charge is -2.31. The van der Waals surface area contributed by atoms with Gasteiger partial charge < -0.3 is 15.2 Å². The number of hydrogen-bond donors (Lipinski definition) is 2. The summed E-state index contributed by atoms with van der Waals surface area (Å²) < 4.78 is 5.70. The Morgan fingerprint density at radius 2 is 2.00 bits per heavy atom. The van der Waals surface area contributed by atoms with Crippen molar-refractivity contribution in [3.8, 4) is 0 Å². The Hall–Kier alpha value is -2.04. The molecule has 1 fully saturated rings. The lowest BCUT2D eigenvalue weighted by atomic mass is 9.78. The van der Waals surface area contributed by atoms with Crippen molar-refractivity contribution in [1.82, 2.24) is 5.32 Å². The van der Waals surface area contributed by atoms with E-state index >= 15 is 0 Å². The molecule has 0 bridgehead atoms. The molecule has 0 saturated carbocycles. The van der Waals surface area contributed by atoms with Crippen molar-refractivity contribution in [2.24, 2.45) is 11.8 Å². The standard InChI is InChI=1S/C21H31NO4/c1-3-4-12-18-15(2)26-20(23)19(22-21(24)25)13-8-11-17(18)14-16-9-6-5-7-10-16/h5-7,9-10,15,17-19,22H,3-4,8,11-14H2,1-2H3,(H,24,25)/t15-,17+,18-,19-/m0/s1. The van der Waals surface area contributed by atoms with Gasteiger partial charge in [-0.15, -0.1) is 0 Å². The third-order valence-corrected chi connectivity index (χ3v) is 5.39. The Morgan fingerprint density at radius 3 is 2.65 bits per heavy atom. The molecule has 0 aliphatic carbocycles. The number of cyclic esters (lactones) is 1. The summed E-state index contributed by atoms with van der Waals surface area (Å²) in [5.41, 5.74) is 1.30. The fraction of sp³-hybridized carbons (Fsp3) is 0.619. The first-order chi connectivity index (χ1) is 12.5. The summed E-state index contributed by atoms with van der Waals surface area (Å²) in [5.74, 6) is 0.278. The lowest BCUT2D eigenvalue weighted by molar-refractivity contribution is -0.154. The Morgan fingerprint density at radius 1 is 1.27 bits per heavy atom. The SMILES string of the molecule is CCCC[C@@H]1[C@@H](Cc2ccccc2)CCC[C@H](NC(=O)O)C(=O)O[C@H]1C. The molecule has 1 amide bonds. The molecule has 0 unspecified atom stereocenters. The molecule has 2 N–H and O–H groups in total. The maximum absolute atomic E-state index is 12.4. The van der Waals surface area contributed by atoms with Gasteiger partial charge in [-0.1, -0.05) is 56.5 Å². The smallest absolute Gasteiger partial charge is 0.405 e. The average molecular weight is 361 g/mol. The molecular weight excluding hydrogens is 330 g/mol. The van der Waals surface area contributed by atoms with Crippen molar-refractivity contribution in [2.75, 3.05) is 0 Å². The van der Waals surface area contributed by atoms with Gasteiger partial charge in [-0.25, -0.2) is 9.59 Å². The van der Waals surface area contributed by atoms with Gasteiger partial charge in [0.05, 0.1) is 0 Å². The van der Waals surface area contributed by atoms with Crippen LogP contribution in [-0.2, 0) is 16.0 Å². The number of ether oxygens (including phenoxy) is 1. The van der Waals surface area contributed by atoms with Crippen LogP contribution < -0.4 is 5.32 Å². The van der Waals surface area contributed by atoms with Crippen LogP contribution in [0, 0.1) is 11.8 Å². The molecule has 5 nitrogen and oxygen atoms in total. The number of nitrogens with one attached hydrogen (secondary N) is 1. The van der Waals surface area contributed by atoms with Gasteiger partial charge >= 0.3 is 12.1 Å². The molecule has 1 aromatic rings. The van der Waals surface area contributed by atoms with Gasteiger partial charge in [-0.05, 0) is 50.0 Å². The van der Waals surface area contributed by atoms with Crippen molar-refractivity contribution < 1.29 is 19.4 Å². The highest BCUT2D eigenvalue weighted by Gasteiger charge is 2.33. The monoisotopic (exact) mass is 361 g/mol. The van der Waals surface area contributed by atoms with Crippen LogP contribution in [0.3, 0.4) is 0 Å². The normalized spacial score (nSPS) is 26.9. The maximum atomic E-state index is 12.4. The van der Waals surface area contributed by atoms with E-state index in [0.717, 1.165) is 38.5 Å². The predicted molar refractivity (Wildman–Crippen MR) is 101 cm³/mol. The number of carbonyl (C=O) groups is 2. The molecule has 1 aliphatic rings. The zero-order valence-electron chi connectivity index (χ0n) is 15.8. The topological polar surface area (TPSA) is 75.6 Å². The van der Waals surface area contributed by atoms with Crippen LogP contribution in [0.2, 0.25) is 0 Å². The van der Waals surface area contributed by atoms with Crippen LogP contribution in [0.5, 0.6) is 0 Å². The fourth-order valence-corrected chi connectivity index (χ4v) is 4.01. The number of esters is 1. The van der Waals surface area contributed by atoms with E-state index in [2.05, 4.69) is 36.5 Å². The average Bonchev–Trinajstić information content (AvgIpc) is 2.65. The van der Waals surface area contributed by atoms with Gasteiger partial charge in [0.25, 0.3) is 0 Å². The van der Waals surface area contributed by atoms with E-state index in [1.807, 2.05) is 13.0 Å². The Kier molecular flexibility index (Phi) is 7.95. The minimum absolute atomic E-state index is 0.209. The first-order valence-corrected chi connectivity index (χ1v) is 9.75. The van der Waals surface area contributed by atoms with Gasteiger partial charge in [0.15, 0.2) is 0 Å². The van der Waals surface area contributed by atoms with Gasteiger partial charge in [0, 0.05) is 0 Å². The molecule has 2 rings (SSSR count). The quantitative estimate of drug-likeness (QED) is 0.736. The number of carboxylic acid groups (broad SMARTS) is 1. The summed E-state index contributed by atoms with van der Waals surface area (Å²) in [5, 5.41) is 11.3. The van der Waals surface area contributed by atoms with Crippen molar-refractivity contribution in [3.05, 3.63) is 35.9 Å². The first-order valence-electron chi connectivity index (χ1n) is 9.75. The van der Waals surface area contributed by atoms with Crippen LogP contribution >= 0.6 is 0 Å². The van der Waals surface area contributed by atoms with Crippen LogP contribution in [0.4, 0.5) is 4.79 Å². The van der Waals surface area contributed by atoms with E-state index < -0.39 is 18.1 Å². The maximum Gasteiger partial charge on any atom is 0.405 e. The molecular formula is C21H31NO4. The Labute approximate surface area is 156 Å². The van der Waals surface area contributed by atoms with E-state index in [0.29, 0.717) is 18.3 Å².